The van der Waals surface area contributed by atoms with Gasteiger partial charge in [0.1, 0.15) is 6.10 Å². The van der Waals surface area contributed by atoms with Crippen molar-refractivity contribution in [3.05, 3.63) is 18.3 Å². The van der Waals surface area contributed by atoms with Gasteiger partial charge in [-0.05, 0) is 0 Å². The molecule has 1 saturated heterocycles. The number of nitrogens with zero attached hydrogens (tertiary/aromatic N) is 3. The number of hydrogen-bond acceptors (Lipinski definition) is 5. The lowest BCUT2D eigenvalue weighted by Crippen LogP contribution is -2.25. The molecule has 82 valence electrons. The van der Waals surface area contributed by atoms with Crippen LogP contribution in [0.2, 0.25) is 0 Å². The Morgan fingerprint density at radius 1 is 1.53 bits per heavy atom. The highest BCUT2D eigenvalue weighted by molar-refractivity contribution is 5.37. The summed E-state index contributed by atoms with van der Waals surface area (Å²) in [7, 11) is 1.54. The Bertz CT molecular complexity index is 350. The molecule has 0 aromatic carbocycles. The van der Waals surface area contributed by atoms with Gasteiger partial charge < -0.3 is 14.7 Å². The van der Waals surface area contributed by atoms with Gasteiger partial charge in [-0.1, -0.05) is 0 Å². The van der Waals surface area contributed by atoms with E-state index in [1.165, 1.54) is 13.3 Å². The van der Waals surface area contributed by atoms with Crippen molar-refractivity contribution in [3.8, 4) is 0 Å². The first-order valence-corrected chi connectivity index (χ1v) is 4.64. The minimum absolute atomic E-state index is 0.255. The van der Waals surface area contributed by atoms with Gasteiger partial charge in [0, 0.05) is 20.2 Å². The fourth-order valence-corrected chi connectivity index (χ4v) is 1.66. The van der Waals surface area contributed by atoms with E-state index in [1.54, 1.807) is 4.90 Å². The molecule has 0 radical (unpaired) electrons. The number of ether oxygens (including phenoxy) is 1. The molecule has 2 atom stereocenters. The standard InChI is InChI=1S/C9H12FN3O2/c1-15-7-5-13(4-6(7)14)9-3-11-2-8(10)12-9/h2-3,6-7,14H,4-5H2,1H3/t6-,7-/m1/s1. The number of aromatic nitrogens is 2. The summed E-state index contributed by atoms with van der Waals surface area (Å²) < 4.78 is 17.9. The molecule has 0 amide bonds. The fraction of sp³-hybridized carbons (Fsp3) is 0.556. The van der Waals surface area contributed by atoms with Crippen LogP contribution >= 0.6 is 0 Å². The number of halogens is 1. The van der Waals surface area contributed by atoms with Gasteiger partial charge in [-0.25, -0.2) is 0 Å². The highest BCUT2D eigenvalue weighted by atomic mass is 19.1. The Hall–Kier alpha value is -1.27. The third kappa shape index (κ3) is 2.05. The zero-order chi connectivity index (χ0) is 10.8. The first kappa shape index (κ1) is 10.3. The molecule has 0 unspecified atom stereocenters. The van der Waals surface area contributed by atoms with Gasteiger partial charge in [-0.2, -0.15) is 9.37 Å². The van der Waals surface area contributed by atoms with Crippen molar-refractivity contribution in [2.24, 2.45) is 0 Å². The summed E-state index contributed by atoms with van der Waals surface area (Å²) in [6.45, 7) is 0.881. The Labute approximate surface area is 86.5 Å². The van der Waals surface area contributed by atoms with E-state index in [9.17, 15) is 9.50 Å². The molecule has 2 heterocycles. The second-order valence-corrected chi connectivity index (χ2v) is 3.45. The third-order valence-electron chi connectivity index (χ3n) is 2.46. The van der Waals surface area contributed by atoms with Crippen LogP contribution in [-0.2, 0) is 4.74 Å². The van der Waals surface area contributed by atoms with Crippen molar-refractivity contribution in [1.82, 2.24) is 9.97 Å². The first-order valence-electron chi connectivity index (χ1n) is 4.64. The topological polar surface area (TPSA) is 58.5 Å². The van der Waals surface area contributed by atoms with E-state index in [-0.39, 0.29) is 6.10 Å². The Morgan fingerprint density at radius 3 is 2.93 bits per heavy atom. The highest BCUT2D eigenvalue weighted by Crippen LogP contribution is 2.19. The average Bonchev–Trinajstić information content (AvgIpc) is 2.60. The number of aliphatic hydroxyl groups is 1. The number of methoxy groups -OCH3 is 1. The maximum atomic E-state index is 12.8. The SMILES string of the molecule is CO[C@@H]1CN(c2cncc(F)n2)C[C@H]1O. The third-order valence-corrected chi connectivity index (χ3v) is 2.46. The predicted molar refractivity (Wildman–Crippen MR) is 51.0 cm³/mol. The van der Waals surface area contributed by atoms with Crippen molar-refractivity contribution < 1.29 is 14.2 Å². The summed E-state index contributed by atoms with van der Waals surface area (Å²) >= 11 is 0. The minimum Gasteiger partial charge on any atom is -0.388 e. The smallest absolute Gasteiger partial charge is 0.233 e. The van der Waals surface area contributed by atoms with Crippen molar-refractivity contribution in [2.45, 2.75) is 12.2 Å². The first-order chi connectivity index (χ1) is 7.20. The zero-order valence-corrected chi connectivity index (χ0v) is 8.30. The minimum atomic E-state index is -0.622. The molecule has 0 aliphatic carbocycles. The van der Waals surface area contributed by atoms with Gasteiger partial charge in [-0.3, -0.25) is 4.98 Å². The summed E-state index contributed by atoms with van der Waals surface area (Å²) in [6, 6.07) is 0. The Morgan fingerprint density at radius 2 is 2.33 bits per heavy atom. The van der Waals surface area contributed by atoms with Gasteiger partial charge in [0.05, 0.1) is 18.5 Å². The van der Waals surface area contributed by atoms with Crippen molar-refractivity contribution >= 4 is 5.82 Å². The lowest BCUT2D eigenvalue weighted by atomic mass is 10.3. The van der Waals surface area contributed by atoms with Crippen LogP contribution in [0.1, 0.15) is 0 Å². The molecule has 0 saturated carbocycles. The molecule has 1 N–H and O–H groups in total. The Kier molecular flexibility index (Phi) is 2.79. The van der Waals surface area contributed by atoms with E-state index in [2.05, 4.69) is 9.97 Å². The maximum absolute atomic E-state index is 12.8. The quantitative estimate of drug-likeness (QED) is 0.738. The average molecular weight is 213 g/mol. The molecule has 1 aliphatic rings. The summed E-state index contributed by atoms with van der Waals surface area (Å²) in [5.74, 6) is -0.198. The lowest BCUT2D eigenvalue weighted by Gasteiger charge is -2.15. The maximum Gasteiger partial charge on any atom is 0.233 e. The van der Waals surface area contributed by atoms with Gasteiger partial charge in [0.25, 0.3) is 0 Å². The molecule has 5 nitrogen and oxygen atoms in total. The van der Waals surface area contributed by atoms with Gasteiger partial charge in [0.15, 0.2) is 5.82 Å². The molecular weight excluding hydrogens is 201 g/mol. The molecule has 1 aromatic heterocycles. The predicted octanol–water partition coefficient (Wildman–Crippen LogP) is -0.188. The largest absolute Gasteiger partial charge is 0.388 e. The van der Waals surface area contributed by atoms with Crippen LogP contribution < -0.4 is 4.90 Å². The Balaban J connectivity index is 2.13. The van der Waals surface area contributed by atoms with E-state index in [4.69, 9.17) is 4.74 Å². The van der Waals surface area contributed by atoms with Gasteiger partial charge >= 0.3 is 0 Å². The second kappa shape index (κ2) is 4.08. The highest BCUT2D eigenvalue weighted by Gasteiger charge is 2.32. The van der Waals surface area contributed by atoms with E-state index in [0.29, 0.717) is 18.9 Å². The van der Waals surface area contributed by atoms with Crippen LogP contribution in [-0.4, -0.2) is 47.5 Å². The number of β-amino-alcohol motifs (C(OH)–C–C–N with tert-alkyl or cyclic N) is 1. The van der Waals surface area contributed by atoms with Crippen molar-refractivity contribution in [2.75, 3.05) is 25.1 Å². The molecule has 0 bridgehead atoms. The van der Waals surface area contributed by atoms with E-state index < -0.39 is 12.1 Å². The van der Waals surface area contributed by atoms with Gasteiger partial charge in [0.2, 0.25) is 5.95 Å². The number of anilines is 1. The van der Waals surface area contributed by atoms with E-state index >= 15 is 0 Å². The molecule has 15 heavy (non-hydrogen) atoms. The number of hydrogen-bond donors (Lipinski definition) is 1. The van der Waals surface area contributed by atoms with Crippen molar-refractivity contribution in [1.29, 1.82) is 0 Å². The lowest BCUT2D eigenvalue weighted by molar-refractivity contribution is 0.0217. The summed E-state index contributed by atoms with van der Waals surface area (Å²) in [5, 5.41) is 9.58. The zero-order valence-electron chi connectivity index (χ0n) is 8.30. The molecule has 6 heteroatoms. The van der Waals surface area contributed by atoms with Gasteiger partial charge in [-0.15, -0.1) is 0 Å². The number of rotatable bonds is 2. The molecule has 1 aromatic rings. The van der Waals surface area contributed by atoms with Crippen LogP contribution in [0.3, 0.4) is 0 Å². The summed E-state index contributed by atoms with van der Waals surface area (Å²) in [6.07, 6.45) is 1.69. The molecule has 0 spiro atoms. The normalized spacial score (nSPS) is 25.9. The second-order valence-electron chi connectivity index (χ2n) is 3.45. The van der Waals surface area contributed by atoms with Crippen LogP contribution in [0.25, 0.3) is 0 Å². The van der Waals surface area contributed by atoms with Crippen LogP contribution in [0.15, 0.2) is 12.4 Å². The molecule has 1 fully saturated rings. The molecule has 2 rings (SSSR count). The van der Waals surface area contributed by atoms with E-state index in [0.717, 1.165) is 6.20 Å². The van der Waals surface area contributed by atoms with Crippen molar-refractivity contribution in [3.63, 3.8) is 0 Å². The van der Waals surface area contributed by atoms with E-state index in [1.807, 2.05) is 0 Å². The summed E-state index contributed by atoms with van der Waals surface area (Å²) in [4.78, 5) is 9.14. The molecule has 1 aliphatic heterocycles. The van der Waals surface area contributed by atoms with Crippen LogP contribution in [0.4, 0.5) is 10.2 Å². The van der Waals surface area contributed by atoms with Crippen LogP contribution in [0.5, 0.6) is 0 Å². The number of aliphatic hydroxyl groups excluding tert-OH is 1. The molecular formula is C9H12FN3O2. The fourth-order valence-electron chi connectivity index (χ4n) is 1.66. The van der Waals surface area contributed by atoms with Crippen LogP contribution in [0, 0.1) is 5.95 Å². The summed E-state index contributed by atoms with van der Waals surface area (Å²) in [5.41, 5.74) is 0. The monoisotopic (exact) mass is 213 g/mol.